The van der Waals surface area contributed by atoms with E-state index in [0.717, 1.165) is 0 Å². The van der Waals surface area contributed by atoms with Gasteiger partial charge in [-0.2, -0.15) is 18.4 Å². The summed E-state index contributed by atoms with van der Waals surface area (Å²) >= 11 is 0. The van der Waals surface area contributed by atoms with Gasteiger partial charge in [-0.15, -0.1) is 0 Å². The average molecular weight is 529 g/mol. The van der Waals surface area contributed by atoms with E-state index in [2.05, 4.69) is 20.2 Å². The van der Waals surface area contributed by atoms with Gasteiger partial charge in [0.05, 0.1) is 22.5 Å². The number of anilines is 2. The molecule has 0 radical (unpaired) electrons. The standard InChI is InChI=1S/C26H24F4N6O2/c1-14-12-36(13-15(2)35(14)3)23-8-21(27)18(16-4-5-17(9-31)32-10-16)6-22(23)34-25(38)19-11-33-24(37)7-20(19)26(28,29)30/h4-8,10-11,14-15H,12-13H2,1-3H3,(H,33,37)(H,34,38)/t14-,15+. The number of nitriles is 1. The predicted octanol–water partition coefficient (Wildman–Crippen LogP) is 4.25. The molecular weight excluding hydrogens is 504 g/mol. The molecule has 3 aromatic rings. The molecule has 2 aromatic heterocycles. The first kappa shape index (κ1) is 26.8. The number of piperazine rings is 1. The summed E-state index contributed by atoms with van der Waals surface area (Å²) in [7, 11) is 1.96. The van der Waals surface area contributed by atoms with Crippen molar-refractivity contribution in [2.24, 2.45) is 0 Å². The summed E-state index contributed by atoms with van der Waals surface area (Å²) in [6.45, 7) is 4.94. The van der Waals surface area contributed by atoms with Crippen LogP contribution in [-0.4, -0.2) is 53.0 Å². The van der Waals surface area contributed by atoms with E-state index < -0.39 is 34.6 Å². The van der Waals surface area contributed by atoms with E-state index in [4.69, 9.17) is 5.26 Å². The van der Waals surface area contributed by atoms with Gasteiger partial charge >= 0.3 is 6.18 Å². The second kappa shape index (κ2) is 10.3. The van der Waals surface area contributed by atoms with Crippen molar-refractivity contribution >= 4 is 17.3 Å². The molecular formula is C26H24F4N6O2. The zero-order chi connectivity index (χ0) is 27.8. The Morgan fingerprint density at radius 1 is 1.18 bits per heavy atom. The SMILES string of the molecule is C[C@@H]1CN(c2cc(F)c(-c3ccc(C#N)nc3)cc2NC(=O)c2c[nH]c(=O)cc2C(F)(F)F)C[C@H](C)N1C. The van der Waals surface area contributed by atoms with Crippen LogP contribution >= 0.6 is 0 Å². The van der Waals surface area contributed by atoms with Crippen LogP contribution in [-0.2, 0) is 6.18 Å². The van der Waals surface area contributed by atoms with E-state index in [-0.39, 0.29) is 29.0 Å². The Morgan fingerprint density at radius 2 is 1.87 bits per heavy atom. The van der Waals surface area contributed by atoms with E-state index in [1.54, 1.807) is 0 Å². The number of rotatable bonds is 4. The van der Waals surface area contributed by atoms with E-state index in [1.807, 2.05) is 31.9 Å². The minimum Gasteiger partial charge on any atom is -0.367 e. The number of alkyl halides is 3. The average Bonchev–Trinajstić information content (AvgIpc) is 2.87. The zero-order valence-electron chi connectivity index (χ0n) is 20.7. The first-order valence-corrected chi connectivity index (χ1v) is 11.7. The first-order chi connectivity index (χ1) is 17.9. The number of likely N-dealkylation sites (N-methyl/N-ethyl adjacent to an activating group) is 1. The second-order valence-corrected chi connectivity index (χ2v) is 9.24. The number of hydrogen-bond donors (Lipinski definition) is 2. The molecule has 2 N–H and O–H groups in total. The van der Waals surface area contributed by atoms with Gasteiger partial charge in [-0.3, -0.25) is 14.5 Å². The third-order valence-corrected chi connectivity index (χ3v) is 6.70. The molecule has 1 aromatic carbocycles. The van der Waals surface area contributed by atoms with Crippen LogP contribution in [0.4, 0.5) is 28.9 Å². The first-order valence-electron chi connectivity index (χ1n) is 11.7. The van der Waals surface area contributed by atoms with Crippen LogP contribution in [0.15, 0.2) is 47.5 Å². The normalized spacial score (nSPS) is 18.2. The number of pyridine rings is 2. The molecule has 1 fully saturated rings. The Labute approximate surface area is 215 Å². The lowest BCUT2D eigenvalue weighted by atomic mass is 10.0. The van der Waals surface area contributed by atoms with Crippen molar-refractivity contribution in [2.45, 2.75) is 32.1 Å². The number of carbonyl (C=O) groups excluding carboxylic acids is 1. The highest BCUT2D eigenvalue weighted by Gasteiger charge is 2.36. The molecule has 1 aliphatic heterocycles. The van der Waals surface area contributed by atoms with E-state index in [0.29, 0.717) is 36.6 Å². The molecule has 0 saturated carbocycles. The fourth-order valence-corrected chi connectivity index (χ4v) is 4.45. The molecule has 0 unspecified atom stereocenters. The second-order valence-electron chi connectivity index (χ2n) is 9.24. The Hall–Kier alpha value is -4.24. The molecule has 2 atom stereocenters. The number of H-pyrrole nitrogens is 1. The van der Waals surface area contributed by atoms with Crippen LogP contribution in [0.5, 0.6) is 0 Å². The fourth-order valence-electron chi connectivity index (χ4n) is 4.45. The van der Waals surface area contributed by atoms with Crippen LogP contribution in [0.25, 0.3) is 11.1 Å². The molecule has 0 spiro atoms. The molecule has 4 rings (SSSR count). The lowest BCUT2D eigenvalue weighted by molar-refractivity contribution is -0.138. The number of nitrogens with zero attached hydrogens (tertiary/aromatic N) is 4. The number of nitrogens with one attached hydrogen (secondary N) is 2. The van der Waals surface area contributed by atoms with E-state index >= 15 is 4.39 Å². The minimum absolute atomic E-state index is 0.0359. The predicted molar refractivity (Wildman–Crippen MR) is 133 cm³/mol. The highest BCUT2D eigenvalue weighted by atomic mass is 19.4. The smallest absolute Gasteiger partial charge is 0.367 e. The molecule has 1 amide bonds. The quantitative estimate of drug-likeness (QED) is 0.491. The molecule has 198 valence electrons. The number of benzene rings is 1. The highest BCUT2D eigenvalue weighted by Crippen LogP contribution is 2.37. The Bertz CT molecular complexity index is 1450. The zero-order valence-corrected chi connectivity index (χ0v) is 20.7. The Balaban J connectivity index is 1.82. The molecule has 3 heterocycles. The molecule has 38 heavy (non-hydrogen) atoms. The van der Waals surface area contributed by atoms with Crippen molar-refractivity contribution in [1.29, 1.82) is 5.26 Å². The molecule has 8 nitrogen and oxygen atoms in total. The van der Waals surface area contributed by atoms with E-state index in [9.17, 15) is 22.8 Å². The van der Waals surface area contributed by atoms with Gasteiger partial charge in [0, 0.05) is 54.8 Å². The minimum atomic E-state index is -4.95. The van der Waals surface area contributed by atoms with Gasteiger partial charge in [0.15, 0.2) is 0 Å². The number of amides is 1. The summed E-state index contributed by atoms with van der Waals surface area (Å²) in [5.41, 5.74) is -2.33. The third kappa shape index (κ3) is 5.38. The van der Waals surface area contributed by atoms with Gasteiger partial charge < -0.3 is 15.2 Å². The fraction of sp³-hybridized carbons (Fsp3) is 0.308. The Kier molecular flexibility index (Phi) is 7.24. The summed E-state index contributed by atoms with van der Waals surface area (Å²) in [4.78, 5) is 34.7. The van der Waals surface area contributed by atoms with Gasteiger partial charge in [0.1, 0.15) is 17.6 Å². The van der Waals surface area contributed by atoms with Gasteiger partial charge in [0.25, 0.3) is 5.91 Å². The van der Waals surface area contributed by atoms with Crippen LogP contribution in [0, 0.1) is 17.1 Å². The maximum absolute atomic E-state index is 15.4. The third-order valence-electron chi connectivity index (χ3n) is 6.70. The summed E-state index contributed by atoms with van der Waals surface area (Å²) in [6.07, 6.45) is -2.95. The van der Waals surface area contributed by atoms with Gasteiger partial charge in [0.2, 0.25) is 5.56 Å². The summed E-state index contributed by atoms with van der Waals surface area (Å²) in [6, 6.07) is 7.78. The van der Waals surface area contributed by atoms with Crippen molar-refractivity contribution in [3.63, 3.8) is 0 Å². The van der Waals surface area contributed by atoms with Crippen LogP contribution in [0.3, 0.4) is 0 Å². The summed E-state index contributed by atoms with van der Waals surface area (Å²) in [5, 5.41) is 11.5. The topological polar surface area (TPSA) is 105 Å². The summed E-state index contributed by atoms with van der Waals surface area (Å²) < 4.78 is 56.2. The van der Waals surface area contributed by atoms with Gasteiger partial charge in [-0.25, -0.2) is 9.37 Å². The molecule has 0 aliphatic carbocycles. The highest BCUT2D eigenvalue weighted by molar-refractivity contribution is 6.07. The lowest BCUT2D eigenvalue weighted by Crippen LogP contribution is -2.55. The van der Waals surface area contributed by atoms with Crippen LogP contribution in [0.2, 0.25) is 0 Å². The monoisotopic (exact) mass is 528 g/mol. The van der Waals surface area contributed by atoms with Crippen molar-refractivity contribution < 1.29 is 22.4 Å². The molecule has 0 bridgehead atoms. The van der Waals surface area contributed by atoms with Crippen LogP contribution < -0.4 is 15.8 Å². The summed E-state index contributed by atoms with van der Waals surface area (Å²) in [5.74, 6) is -1.76. The number of halogens is 4. The van der Waals surface area contributed by atoms with Crippen molar-refractivity contribution in [2.75, 3.05) is 30.4 Å². The number of hydrogen-bond acceptors (Lipinski definition) is 6. The maximum atomic E-state index is 15.4. The molecule has 1 aliphatic rings. The Morgan fingerprint density at radius 3 is 2.45 bits per heavy atom. The maximum Gasteiger partial charge on any atom is 0.417 e. The van der Waals surface area contributed by atoms with E-state index in [1.165, 1.54) is 30.5 Å². The van der Waals surface area contributed by atoms with Crippen LogP contribution in [0.1, 0.15) is 35.5 Å². The lowest BCUT2D eigenvalue weighted by Gasteiger charge is -2.44. The van der Waals surface area contributed by atoms with Crippen molar-refractivity contribution in [1.82, 2.24) is 14.9 Å². The number of carbonyl (C=O) groups is 1. The molecule has 12 heteroatoms. The van der Waals surface area contributed by atoms with Crippen molar-refractivity contribution in [3.05, 3.63) is 75.7 Å². The van der Waals surface area contributed by atoms with Gasteiger partial charge in [-0.05, 0) is 45.2 Å². The largest absolute Gasteiger partial charge is 0.417 e. The van der Waals surface area contributed by atoms with Crippen molar-refractivity contribution in [3.8, 4) is 17.2 Å². The van der Waals surface area contributed by atoms with Gasteiger partial charge in [-0.1, -0.05) is 0 Å². The molecule has 1 saturated heterocycles. The number of aromatic nitrogens is 2. The number of aromatic amines is 1.